The van der Waals surface area contributed by atoms with Crippen LogP contribution in [0.15, 0.2) is 46.9 Å². The van der Waals surface area contributed by atoms with Gasteiger partial charge in [-0.2, -0.15) is 0 Å². The van der Waals surface area contributed by atoms with E-state index in [2.05, 4.69) is 4.98 Å². The molecular weight excluding hydrogens is 270 g/mol. The highest BCUT2D eigenvalue weighted by Crippen LogP contribution is 2.24. The Morgan fingerprint density at radius 2 is 2.05 bits per heavy atom. The topological polar surface area (TPSA) is 72.6 Å². The van der Waals surface area contributed by atoms with Crippen LogP contribution in [0.2, 0.25) is 0 Å². The number of carbonyl (C=O) groups is 1. The number of rotatable bonds is 4. The summed E-state index contributed by atoms with van der Waals surface area (Å²) in [6.07, 6.45) is 0.442. The fourth-order valence-corrected chi connectivity index (χ4v) is 2.25. The molecule has 0 atom stereocenters. The second-order valence-electron chi connectivity index (χ2n) is 4.55. The number of benzene rings is 2. The molecule has 1 N–H and O–H groups in total. The number of fused-ring (bicyclic) bond motifs is 1. The summed E-state index contributed by atoms with van der Waals surface area (Å²) in [7, 11) is 1.60. The van der Waals surface area contributed by atoms with E-state index in [-0.39, 0.29) is 5.56 Å². The average Bonchev–Trinajstić information content (AvgIpc) is 2.89. The lowest BCUT2D eigenvalue weighted by molar-refractivity contribution is 0.0699. The van der Waals surface area contributed by atoms with Crippen LogP contribution in [-0.2, 0) is 6.42 Å². The first kappa shape index (κ1) is 13.2. The summed E-state index contributed by atoms with van der Waals surface area (Å²) >= 11 is 0. The minimum atomic E-state index is -1.02. The van der Waals surface area contributed by atoms with E-state index in [0.717, 1.165) is 11.3 Å². The minimum Gasteiger partial charge on any atom is -0.496 e. The zero-order valence-electron chi connectivity index (χ0n) is 11.4. The van der Waals surface area contributed by atoms with Crippen molar-refractivity contribution in [3.63, 3.8) is 0 Å². The maximum atomic E-state index is 11.2. The number of methoxy groups -OCH3 is 1. The van der Waals surface area contributed by atoms with Crippen molar-refractivity contribution in [1.29, 1.82) is 0 Å². The first-order chi connectivity index (χ1) is 10.2. The fraction of sp³-hybridized carbons (Fsp3) is 0.125. The maximum Gasteiger partial charge on any atom is 0.338 e. The lowest BCUT2D eigenvalue weighted by Crippen LogP contribution is -1.97. The van der Waals surface area contributed by atoms with Crippen molar-refractivity contribution in [3.8, 4) is 5.75 Å². The van der Waals surface area contributed by atoms with Gasteiger partial charge in [-0.05, 0) is 18.2 Å². The summed E-state index contributed by atoms with van der Waals surface area (Å²) in [5.41, 5.74) is 1.92. The molecule has 1 aromatic heterocycles. The Hall–Kier alpha value is -2.82. The molecule has 0 amide bonds. The van der Waals surface area contributed by atoms with E-state index in [1.165, 1.54) is 6.07 Å². The minimum absolute atomic E-state index is 0.141. The zero-order chi connectivity index (χ0) is 14.8. The second kappa shape index (κ2) is 5.28. The van der Waals surface area contributed by atoms with E-state index in [4.69, 9.17) is 14.3 Å². The Bertz CT molecular complexity index is 807. The molecule has 0 saturated carbocycles. The molecule has 0 radical (unpaired) electrons. The molecule has 0 saturated heterocycles. The van der Waals surface area contributed by atoms with Crippen molar-refractivity contribution in [2.45, 2.75) is 6.42 Å². The van der Waals surface area contributed by atoms with Gasteiger partial charge in [-0.3, -0.25) is 0 Å². The van der Waals surface area contributed by atoms with Crippen LogP contribution in [0.25, 0.3) is 11.1 Å². The van der Waals surface area contributed by atoms with Gasteiger partial charge in [-0.1, -0.05) is 24.3 Å². The number of nitrogens with zero attached hydrogens (tertiary/aromatic N) is 1. The van der Waals surface area contributed by atoms with Gasteiger partial charge in [0.1, 0.15) is 11.3 Å². The van der Waals surface area contributed by atoms with Gasteiger partial charge in [0.2, 0.25) is 0 Å². The SMILES string of the molecule is COc1ccccc1Cc1nc2c(C(=O)O)cccc2o1. The summed E-state index contributed by atoms with van der Waals surface area (Å²) < 4.78 is 10.9. The third-order valence-corrected chi connectivity index (χ3v) is 3.23. The first-order valence-corrected chi connectivity index (χ1v) is 6.42. The van der Waals surface area contributed by atoms with E-state index in [9.17, 15) is 4.79 Å². The van der Waals surface area contributed by atoms with Crippen LogP contribution >= 0.6 is 0 Å². The Labute approximate surface area is 120 Å². The predicted molar refractivity (Wildman–Crippen MR) is 76.8 cm³/mol. The normalized spacial score (nSPS) is 10.7. The summed E-state index contributed by atoms with van der Waals surface area (Å²) in [5, 5.41) is 9.16. The van der Waals surface area contributed by atoms with Gasteiger partial charge in [-0.25, -0.2) is 9.78 Å². The summed E-state index contributed by atoms with van der Waals surface area (Å²) in [5.74, 6) is 0.194. The van der Waals surface area contributed by atoms with Crippen molar-refractivity contribution in [2.75, 3.05) is 7.11 Å². The highest BCUT2D eigenvalue weighted by atomic mass is 16.5. The number of aromatic carboxylic acids is 1. The Balaban J connectivity index is 2.02. The number of carboxylic acid groups (broad SMARTS) is 1. The van der Waals surface area contributed by atoms with Crippen LogP contribution in [0, 0.1) is 0 Å². The number of aromatic nitrogens is 1. The molecular formula is C16H13NO4. The standard InChI is InChI=1S/C16H13NO4/c1-20-12-7-3-2-5-10(12)9-14-17-15-11(16(18)19)6-4-8-13(15)21-14/h2-8H,9H2,1H3,(H,18,19). The van der Waals surface area contributed by atoms with E-state index >= 15 is 0 Å². The van der Waals surface area contributed by atoms with Crippen LogP contribution in [-0.4, -0.2) is 23.2 Å². The molecule has 0 aliphatic rings. The van der Waals surface area contributed by atoms with Gasteiger partial charge in [0, 0.05) is 5.56 Å². The molecule has 5 nitrogen and oxygen atoms in total. The molecule has 3 rings (SSSR count). The van der Waals surface area contributed by atoms with Gasteiger partial charge >= 0.3 is 5.97 Å². The lowest BCUT2D eigenvalue weighted by atomic mass is 10.1. The molecule has 1 heterocycles. The third-order valence-electron chi connectivity index (χ3n) is 3.23. The van der Waals surface area contributed by atoms with Crippen molar-refractivity contribution in [2.24, 2.45) is 0 Å². The average molecular weight is 283 g/mol. The Kier molecular flexibility index (Phi) is 3.31. The third kappa shape index (κ3) is 2.45. The number of carboxylic acids is 1. The molecule has 0 aliphatic heterocycles. The van der Waals surface area contributed by atoms with Crippen LogP contribution in [0.4, 0.5) is 0 Å². The molecule has 106 valence electrons. The molecule has 3 aromatic rings. The summed E-state index contributed by atoms with van der Waals surface area (Å²) in [4.78, 5) is 15.5. The zero-order valence-corrected chi connectivity index (χ0v) is 11.4. The molecule has 21 heavy (non-hydrogen) atoms. The van der Waals surface area contributed by atoms with Crippen LogP contribution in [0.3, 0.4) is 0 Å². The monoisotopic (exact) mass is 283 g/mol. The molecule has 5 heteroatoms. The van der Waals surface area contributed by atoms with Crippen LogP contribution in [0.5, 0.6) is 5.75 Å². The van der Waals surface area contributed by atoms with Gasteiger partial charge in [0.15, 0.2) is 11.5 Å². The number of ether oxygens (including phenoxy) is 1. The van der Waals surface area contributed by atoms with E-state index in [1.807, 2.05) is 24.3 Å². The molecule has 2 aromatic carbocycles. The molecule has 0 fully saturated rings. The largest absolute Gasteiger partial charge is 0.496 e. The quantitative estimate of drug-likeness (QED) is 0.796. The molecule has 0 aliphatic carbocycles. The first-order valence-electron chi connectivity index (χ1n) is 6.42. The molecule has 0 spiro atoms. The lowest BCUT2D eigenvalue weighted by Gasteiger charge is -2.05. The summed E-state index contributed by atoms with van der Waals surface area (Å²) in [6, 6.07) is 12.4. The number of oxazole rings is 1. The smallest absolute Gasteiger partial charge is 0.338 e. The van der Waals surface area contributed by atoms with E-state index < -0.39 is 5.97 Å². The second-order valence-corrected chi connectivity index (χ2v) is 4.55. The predicted octanol–water partition coefficient (Wildman–Crippen LogP) is 3.13. The number of hydrogen-bond donors (Lipinski definition) is 1. The van der Waals surface area contributed by atoms with E-state index in [1.54, 1.807) is 19.2 Å². The van der Waals surface area contributed by atoms with Crippen molar-refractivity contribution in [3.05, 3.63) is 59.5 Å². The fourth-order valence-electron chi connectivity index (χ4n) is 2.25. The van der Waals surface area contributed by atoms with Gasteiger partial charge in [-0.15, -0.1) is 0 Å². The van der Waals surface area contributed by atoms with Crippen LogP contribution in [0.1, 0.15) is 21.8 Å². The highest BCUT2D eigenvalue weighted by Gasteiger charge is 2.15. The van der Waals surface area contributed by atoms with E-state index in [0.29, 0.717) is 23.4 Å². The maximum absolute atomic E-state index is 11.2. The van der Waals surface area contributed by atoms with Crippen LogP contribution < -0.4 is 4.74 Å². The molecule has 0 unspecified atom stereocenters. The number of hydrogen-bond acceptors (Lipinski definition) is 4. The van der Waals surface area contributed by atoms with Crippen molar-refractivity contribution >= 4 is 17.1 Å². The van der Waals surface area contributed by atoms with Gasteiger partial charge < -0.3 is 14.3 Å². The summed E-state index contributed by atoms with van der Waals surface area (Å²) in [6.45, 7) is 0. The van der Waals surface area contributed by atoms with Gasteiger partial charge in [0.25, 0.3) is 0 Å². The number of para-hydroxylation sites is 2. The van der Waals surface area contributed by atoms with Crippen molar-refractivity contribution in [1.82, 2.24) is 4.98 Å². The Morgan fingerprint density at radius 3 is 2.81 bits per heavy atom. The van der Waals surface area contributed by atoms with Crippen molar-refractivity contribution < 1.29 is 19.1 Å². The Morgan fingerprint density at radius 1 is 1.24 bits per heavy atom. The highest BCUT2D eigenvalue weighted by molar-refractivity contribution is 6.00. The van der Waals surface area contributed by atoms with Gasteiger partial charge in [0.05, 0.1) is 19.1 Å². The molecule has 0 bridgehead atoms.